The predicted octanol–water partition coefficient (Wildman–Crippen LogP) is 1.81. The molecule has 2 N–H and O–H groups in total. The number of carbonyl (C=O) groups excluding carboxylic acids is 2. The van der Waals surface area contributed by atoms with Crippen LogP contribution in [0.4, 0.5) is 15.8 Å². The summed E-state index contributed by atoms with van der Waals surface area (Å²) in [5.74, 6) is -2.93. The molecule has 0 atom stereocenters. The van der Waals surface area contributed by atoms with Crippen LogP contribution in [-0.4, -0.2) is 38.4 Å². The van der Waals surface area contributed by atoms with Crippen molar-refractivity contribution in [2.75, 3.05) is 18.5 Å². The first kappa shape index (κ1) is 22.9. The Morgan fingerprint density at radius 3 is 2.47 bits per heavy atom. The maximum absolute atomic E-state index is 13.3. The molecule has 2 aromatic carbocycles. The molecule has 0 aliphatic rings. The van der Waals surface area contributed by atoms with Gasteiger partial charge in [-0.1, -0.05) is 6.07 Å². The van der Waals surface area contributed by atoms with E-state index in [1.807, 2.05) is 6.92 Å². The van der Waals surface area contributed by atoms with Gasteiger partial charge in [-0.05, 0) is 49.2 Å². The minimum absolute atomic E-state index is 0.0194. The number of nitro benzene ring substituents is 1. The van der Waals surface area contributed by atoms with E-state index in [9.17, 15) is 32.5 Å². The third kappa shape index (κ3) is 6.06. The largest absolute Gasteiger partial charge is 0.455 e. The molecule has 2 aromatic rings. The molecule has 0 aromatic heterocycles. The lowest BCUT2D eigenvalue weighted by atomic mass is 10.1. The van der Waals surface area contributed by atoms with Crippen molar-refractivity contribution in [3.05, 3.63) is 63.5 Å². The highest BCUT2D eigenvalue weighted by atomic mass is 32.2. The normalized spacial score (nSPS) is 11.0. The van der Waals surface area contributed by atoms with Crippen LogP contribution in [0.1, 0.15) is 11.1 Å². The molecule has 0 aliphatic heterocycles. The van der Waals surface area contributed by atoms with Gasteiger partial charge in [-0.15, -0.1) is 0 Å². The van der Waals surface area contributed by atoms with Crippen molar-refractivity contribution in [3.8, 4) is 0 Å². The minimum atomic E-state index is -3.95. The lowest BCUT2D eigenvalue weighted by Gasteiger charge is -2.09. The number of sulfonamides is 1. The highest BCUT2D eigenvalue weighted by Crippen LogP contribution is 2.21. The second kappa shape index (κ2) is 9.41. The van der Waals surface area contributed by atoms with Gasteiger partial charge in [-0.3, -0.25) is 19.7 Å². The summed E-state index contributed by atoms with van der Waals surface area (Å²) in [7, 11) is -3.95. The Morgan fingerprint density at radius 2 is 1.83 bits per heavy atom. The maximum atomic E-state index is 13.3. The van der Waals surface area contributed by atoms with E-state index >= 15 is 0 Å². The number of anilines is 1. The lowest BCUT2D eigenvalue weighted by molar-refractivity contribution is -0.387. The average Bonchev–Trinajstić information content (AvgIpc) is 2.68. The second-order valence-corrected chi connectivity index (χ2v) is 7.97. The Bertz CT molecular complexity index is 1100. The smallest absolute Gasteiger partial charge is 0.321 e. The third-order valence-corrected chi connectivity index (χ3v) is 5.38. The van der Waals surface area contributed by atoms with Gasteiger partial charge in [0, 0.05) is 11.8 Å². The van der Waals surface area contributed by atoms with Crippen molar-refractivity contribution in [1.29, 1.82) is 0 Å². The molecule has 160 valence electrons. The molecule has 0 unspecified atom stereocenters. The first-order chi connectivity index (χ1) is 14.0. The first-order valence-corrected chi connectivity index (χ1v) is 9.94. The van der Waals surface area contributed by atoms with Gasteiger partial charge >= 0.3 is 11.7 Å². The van der Waals surface area contributed by atoms with Crippen LogP contribution in [0, 0.1) is 29.8 Å². The zero-order valence-electron chi connectivity index (χ0n) is 16.0. The summed E-state index contributed by atoms with van der Waals surface area (Å²) >= 11 is 0. The van der Waals surface area contributed by atoms with Crippen LogP contribution in [0.5, 0.6) is 0 Å². The number of nitrogens with one attached hydrogen (secondary N) is 2. The van der Waals surface area contributed by atoms with Crippen LogP contribution in [0.2, 0.25) is 0 Å². The van der Waals surface area contributed by atoms with Gasteiger partial charge in [0.2, 0.25) is 15.8 Å². The average molecular weight is 439 g/mol. The Labute approximate surface area is 171 Å². The summed E-state index contributed by atoms with van der Waals surface area (Å²) in [4.78, 5) is 33.2. The number of hydrogen-bond acceptors (Lipinski definition) is 7. The molecular formula is C18H18FN3O7S. The Kier molecular flexibility index (Phi) is 7.19. The molecule has 10 nitrogen and oxygen atoms in total. The number of hydrogen-bond donors (Lipinski definition) is 2. The number of aryl methyl sites for hydroxylation is 2. The fraction of sp³-hybridized carbons (Fsp3) is 0.222. The number of nitro groups is 1. The Morgan fingerprint density at radius 1 is 1.13 bits per heavy atom. The number of halogens is 1. The van der Waals surface area contributed by atoms with Crippen LogP contribution < -0.4 is 10.0 Å². The monoisotopic (exact) mass is 439 g/mol. The molecule has 0 fully saturated rings. The third-order valence-electron chi connectivity index (χ3n) is 3.99. The van der Waals surface area contributed by atoms with Crippen molar-refractivity contribution >= 4 is 33.3 Å². The lowest BCUT2D eigenvalue weighted by Crippen LogP contribution is -2.32. The molecule has 0 bridgehead atoms. The van der Waals surface area contributed by atoms with E-state index in [1.165, 1.54) is 12.1 Å². The molecule has 12 heteroatoms. The number of carbonyl (C=O) groups is 2. The van der Waals surface area contributed by atoms with E-state index in [1.54, 1.807) is 13.0 Å². The first-order valence-electron chi connectivity index (χ1n) is 8.46. The standard InChI is InChI=1S/C18H18FN3O7S/c1-11-3-5-14(7-12(11)2)30(27,28)20-9-18(24)29-10-17(23)21-13-4-6-15(19)16(8-13)22(25)26/h3-8,20H,9-10H2,1-2H3,(H,21,23). The zero-order chi connectivity index (χ0) is 22.5. The van der Waals surface area contributed by atoms with Crippen LogP contribution >= 0.6 is 0 Å². The van der Waals surface area contributed by atoms with E-state index in [4.69, 9.17) is 0 Å². The Hall–Kier alpha value is -3.38. The second-order valence-electron chi connectivity index (χ2n) is 6.20. The molecule has 0 saturated heterocycles. The number of benzene rings is 2. The van der Waals surface area contributed by atoms with Gasteiger partial charge < -0.3 is 10.1 Å². The summed E-state index contributed by atoms with van der Waals surface area (Å²) in [6.07, 6.45) is 0. The van der Waals surface area contributed by atoms with Crippen LogP contribution in [-0.2, 0) is 24.3 Å². The molecule has 0 heterocycles. The number of rotatable bonds is 8. The van der Waals surface area contributed by atoms with Gasteiger partial charge in [-0.25, -0.2) is 8.42 Å². The molecule has 0 spiro atoms. The minimum Gasteiger partial charge on any atom is -0.455 e. The van der Waals surface area contributed by atoms with Crippen molar-refractivity contribution in [2.24, 2.45) is 0 Å². The summed E-state index contributed by atoms with van der Waals surface area (Å²) in [6.45, 7) is 2.10. The topological polar surface area (TPSA) is 145 Å². The molecule has 0 saturated carbocycles. The summed E-state index contributed by atoms with van der Waals surface area (Å²) in [6, 6.07) is 7.20. The molecule has 1 amide bonds. The Balaban J connectivity index is 1.87. The van der Waals surface area contributed by atoms with E-state index in [2.05, 4.69) is 14.8 Å². The van der Waals surface area contributed by atoms with Gasteiger partial charge in [0.05, 0.1) is 9.82 Å². The van der Waals surface area contributed by atoms with Crippen LogP contribution in [0.25, 0.3) is 0 Å². The number of nitrogens with zero attached hydrogens (tertiary/aromatic N) is 1. The van der Waals surface area contributed by atoms with Crippen molar-refractivity contribution in [2.45, 2.75) is 18.7 Å². The summed E-state index contributed by atoms with van der Waals surface area (Å²) in [5, 5.41) is 12.9. The van der Waals surface area contributed by atoms with Gasteiger partial charge in [0.1, 0.15) is 6.54 Å². The van der Waals surface area contributed by atoms with E-state index < -0.39 is 51.5 Å². The van der Waals surface area contributed by atoms with Crippen molar-refractivity contribution in [1.82, 2.24) is 4.72 Å². The van der Waals surface area contributed by atoms with Gasteiger partial charge in [0.25, 0.3) is 5.91 Å². The quantitative estimate of drug-likeness (QED) is 0.362. The highest BCUT2D eigenvalue weighted by Gasteiger charge is 2.18. The van der Waals surface area contributed by atoms with E-state index in [0.29, 0.717) is 0 Å². The van der Waals surface area contributed by atoms with Crippen LogP contribution in [0.15, 0.2) is 41.3 Å². The van der Waals surface area contributed by atoms with E-state index in [0.717, 1.165) is 29.3 Å². The fourth-order valence-electron chi connectivity index (χ4n) is 2.24. The number of amides is 1. The summed E-state index contributed by atoms with van der Waals surface area (Å²) in [5.41, 5.74) is 0.772. The maximum Gasteiger partial charge on any atom is 0.321 e. The molecule has 0 radical (unpaired) electrons. The van der Waals surface area contributed by atoms with Crippen molar-refractivity contribution in [3.63, 3.8) is 0 Å². The highest BCUT2D eigenvalue weighted by molar-refractivity contribution is 7.89. The summed E-state index contributed by atoms with van der Waals surface area (Å²) < 4.78 is 44.4. The van der Waals surface area contributed by atoms with E-state index in [-0.39, 0.29) is 10.6 Å². The molecule has 30 heavy (non-hydrogen) atoms. The molecule has 0 aliphatic carbocycles. The SMILES string of the molecule is Cc1ccc(S(=O)(=O)NCC(=O)OCC(=O)Nc2ccc(F)c([N+](=O)[O-])c2)cc1C. The van der Waals surface area contributed by atoms with Crippen molar-refractivity contribution < 1.29 is 32.1 Å². The predicted molar refractivity (Wildman–Crippen MR) is 104 cm³/mol. The van der Waals surface area contributed by atoms with Gasteiger partial charge in [-0.2, -0.15) is 9.11 Å². The zero-order valence-corrected chi connectivity index (χ0v) is 16.8. The van der Waals surface area contributed by atoms with Gasteiger partial charge in [0.15, 0.2) is 6.61 Å². The van der Waals surface area contributed by atoms with Crippen LogP contribution in [0.3, 0.4) is 0 Å². The number of ether oxygens (including phenoxy) is 1. The molecular weight excluding hydrogens is 421 g/mol. The molecule has 2 rings (SSSR count). The fourth-order valence-corrected chi connectivity index (χ4v) is 3.30. The number of esters is 1.